The fourth-order valence-electron chi connectivity index (χ4n) is 1.73. The molecule has 0 heterocycles. The number of hydrogen-bond donors (Lipinski definition) is 2. The van der Waals surface area contributed by atoms with Gasteiger partial charge in [0, 0.05) is 12.2 Å². The molecule has 1 amide bonds. The molecule has 0 saturated carbocycles. The first kappa shape index (κ1) is 13.4. The van der Waals surface area contributed by atoms with Crippen LogP contribution in [0.1, 0.15) is 21.5 Å². The molecule has 0 fully saturated rings. The molecule has 19 heavy (non-hydrogen) atoms. The molecule has 98 valence electrons. The molecular weight excluding hydrogens is 260 g/mol. The van der Waals surface area contributed by atoms with Gasteiger partial charge in [0.05, 0.1) is 10.6 Å². The van der Waals surface area contributed by atoms with Crippen LogP contribution in [-0.2, 0) is 6.54 Å². The van der Waals surface area contributed by atoms with E-state index in [1.54, 1.807) is 18.2 Å². The molecule has 0 aliphatic carbocycles. The molecular formula is C15H15ClN2O. The van der Waals surface area contributed by atoms with Crippen LogP contribution in [0.15, 0.2) is 42.5 Å². The van der Waals surface area contributed by atoms with E-state index >= 15 is 0 Å². The molecule has 3 N–H and O–H groups in total. The minimum absolute atomic E-state index is 0.336. The smallest absolute Gasteiger partial charge is 0.250 e. The number of anilines is 1. The van der Waals surface area contributed by atoms with E-state index < -0.39 is 5.91 Å². The monoisotopic (exact) mass is 274 g/mol. The van der Waals surface area contributed by atoms with Crippen molar-refractivity contribution in [2.24, 2.45) is 5.73 Å². The van der Waals surface area contributed by atoms with Crippen molar-refractivity contribution in [2.75, 3.05) is 5.32 Å². The molecule has 0 aliphatic rings. The maximum Gasteiger partial charge on any atom is 0.250 e. The third-order valence-electron chi connectivity index (χ3n) is 2.85. The summed E-state index contributed by atoms with van der Waals surface area (Å²) in [6, 6.07) is 13.4. The molecule has 0 atom stereocenters. The lowest BCUT2D eigenvalue weighted by Crippen LogP contribution is -2.11. The molecule has 0 unspecified atom stereocenters. The van der Waals surface area contributed by atoms with E-state index in [0.29, 0.717) is 17.1 Å². The standard InChI is InChI=1S/C15H15ClN2O/c1-10-2-4-11(5-3-10)9-18-12-6-7-13(15(17)19)14(16)8-12/h2-8,18H,9H2,1H3,(H2,17,19). The lowest BCUT2D eigenvalue weighted by atomic mass is 10.1. The summed E-state index contributed by atoms with van der Waals surface area (Å²) in [5.74, 6) is -0.518. The zero-order chi connectivity index (χ0) is 13.8. The average molecular weight is 275 g/mol. The number of halogens is 1. The fourth-order valence-corrected chi connectivity index (χ4v) is 2.01. The van der Waals surface area contributed by atoms with Gasteiger partial charge in [0.2, 0.25) is 5.91 Å². The van der Waals surface area contributed by atoms with Crippen LogP contribution in [0, 0.1) is 6.92 Å². The van der Waals surface area contributed by atoms with E-state index in [1.165, 1.54) is 11.1 Å². The normalized spacial score (nSPS) is 10.2. The maximum absolute atomic E-state index is 11.1. The fraction of sp³-hybridized carbons (Fsp3) is 0.133. The minimum atomic E-state index is -0.518. The zero-order valence-electron chi connectivity index (χ0n) is 10.6. The second-order valence-corrected chi connectivity index (χ2v) is 4.81. The van der Waals surface area contributed by atoms with Crippen LogP contribution < -0.4 is 11.1 Å². The van der Waals surface area contributed by atoms with Crippen LogP contribution in [-0.4, -0.2) is 5.91 Å². The first-order valence-electron chi connectivity index (χ1n) is 5.95. The van der Waals surface area contributed by atoms with Crippen molar-refractivity contribution in [3.8, 4) is 0 Å². The van der Waals surface area contributed by atoms with E-state index in [1.807, 2.05) is 0 Å². The summed E-state index contributed by atoms with van der Waals surface area (Å²) in [7, 11) is 0. The Labute approximate surface area is 117 Å². The van der Waals surface area contributed by atoms with Gasteiger partial charge >= 0.3 is 0 Å². The molecule has 0 radical (unpaired) electrons. The van der Waals surface area contributed by atoms with Crippen molar-refractivity contribution >= 4 is 23.2 Å². The topological polar surface area (TPSA) is 55.1 Å². The lowest BCUT2D eigenvalue weighted by Gasteiger charge is -2.08. The van der Waals surface area contributed by atoms with Gasteiger partial charge < -0.3 is 11.1 Å². The van der Waals surface area contributed by atoms with Gasteiger partial charge in [0.15, 0.2) is 0 Å². The van der Waals surface area contributed by atoms with Crippen LogP contribution in [0.2, 0.25) is 5.02 Å². The molecule has 0 aliphatic heterocycles. The number of carbonyl (C=O) groups is 1. The van der Waals surface area contributed by atoms with Crippen molar-refractivity contribution in [3.63, 3.8) is 0 Å². The third kappa shape index (κ3) is 3.48. The predicted octanol–water partition coefficient (Wildman–Crippen LogP) is 3.36. The molecule has 2 aromatic rings. The number of primary amides is 1. The van der Waals surface area contributed by atoms with Gasteiger partial charge in [-0.2, -0.15) is 0 Å². The van der Waals surface area contributed by atoms with E-state index in [9.17, 15) is 4.79 Å². The molecule has 0 bridgehead atoms. The summed E-state index contributed by atoms with van der Waals surface area (Å²) in [6.45, 7) is 2.76. The third-order valence-corrected chi connectivity index (χ3v) is 3.16. The molecule has 2 rings (SSSR count). The highest BCUT2D eigenvalue weighted by Crippen LogP contribution is 2.21. The van der Waals surface area contributed by atoms with Crippen LogP contribution in [0.5, 0.6) is 0 Å². The number of nitrogens with two attached hydrogens (primary N) is 1. The minimum Gasteiger partial charge on any atom is -0.381 e. The zero-order valence-corrected chi connectivity index (χ0v) is 11.4. The van der Waals surface area contributed by atoms with Gasteiger partial charge in [-0.05, 0) is 30.7 Å². The Kier molecular flexibility index (Phi) is 4.07. The first-order valence-corrected chi connectivity index (χ1v) is 6.33. The number of rotatable bonds is 4. The summed E-state index contributed by atoms with van der Waals surface area (Å²) >= 11 is 5.99. The second kappa shape index (κ2) is 5.76. The summed E-state index contributed by atoms with van der Waals surface area (Å²) in [4.78, 5) is 11.1. The summed E-state index contributed by atoms with van der Waals surface area (Å²) in [5.41, 5.74) is 8.81. The van der Waals surface area contributed by atoms with E-state index in [2.05, 4.69) is 36.5 Å². The summed E-state index contributed by atoms with van der Waals surface area (Å²) in [6.07, 6.45) is 0. The van der Waals surface area contributed by atoms with Gasteiger partial charge in [0.1, 0.15) is 0 Å². The van der Waals surface area contributed by atoms with Gasteiger partial charge in [-0.25, -0.2) is 0 Å². The maximum atomic E-state index is 11.1. The van der Waals surface area contributed by atoms with Crippen molar-refractivity contribution < 1.29 is 4.79 Å². The first-order chi connectivity index (χ1) is 9.06. The van der Waals surface area contributed by atoms with Crippen LogP contribution >= 0.6 is 11.6 Å². The quantitative estimate of drug-likeness (QED) is 0.898. The Morgan fingerprint density at radius 2 is 1.89 bits per heavy atom. The van der Waals surface area contributed by atoms with Gasteiger partial charge in [-0.1, -0.05) is 41.4 Å². The average Bonchev–Trinajstić information content (AvgIpc) is 2.37. The second-order valence-electron chi connectivity index (χ2n) is 4.40. The molecule has 2 aromatic carbocycles. The number of hydrogen-bond acceptors (Lipinski definition) is 2. The number of benzene rings is 2. The van der Waals surface area contributed by atoms with Crippen molar-refractivity contribution in [3.05, 3.63) is 64.2 Å². The Hall–Kier alpha value is -2.00. The van der Waals surface area contributed by atoms with Gasteiger partial charge in [0.25, 0.3) is 0 Å². The highest BCUT2D eigenvalue weighted by Gasteiger charge is 2.06. The number of nitrogens with one attached hydrogen (secondary N) is 1. The van der Waals surface area contributed by atoms with Crippen molar-refractivity contribution in [1.82, 2.24) is 0 Å². The molecule has 0 saturated heterocycles. The van der Waals surface area contributed by atoms with Crippen LogP contribution in [0.3, 0.4) is 0 Å². The number of aryl methyl sites for hydroxylation is 1. The SMILES string of the molecule is Cc1ccc(CNc2ccc(C(N)=O)c(Cl)c2)cc1. The Bertz CT molecular complexity index is 594. The summed E-state index contributed by atoms with van der Waals surface area (Å²) < 4.78 is 0. The van der Waals surface area contributed by atoms with Crippen molar-refractivity contribution in [2.45, 2.75) is 13.5 Å². The summed E-state index contributed by atoms with van der Waals surface area (Å²) in [5, 5.41) is 3.61. The predicted molar refractivity (Wildman–Crippen MR) is 78.5 cm³/mol. The highest BCUT2D eigenvalue weighted by molar-refractivity contribution is 6.34. The molecule has 4 heteroatoms. The Morgan fingerprint density at radius 1 is 1.21 bits per heavy atom. The van der Waals surface area contributed by atoms with Crippen LogP contribution in [0.25, 0.3) is 0 Å². The highest BCUT2D eigenvalue weighted by atomic mass is 35.5. The van der Waals surface area contributed by atoms with Gasteiger partial charge in [-0.3, -0.25) is 4.79 Å². The van der Waals surface area contributed by atoms with Crippen molar-refractivity contribution in [1.29, 1.82) is 0 Å². The van der Waals surface area contributed by atoms with E-state index in [4.69, 9.17) is 17.3 Å². The lowest BCUT2D eigenvalue weighted by molar-refractivity contribution is 0.100. The van der Waals surface area contributed by atoms with E-state index in [-0.39, 0.29) is 0 Å². The molecule has 0 spiro atoms. The van der Waals surface area contributed by atoms with E-state index in [0.717, 1.165) is 5.69 Å². The number of carbonyl (C=O) groups excluding carboxylic acids is 1. The Balaban J connectivity index is 2.06. The van der Waals surface area contributed by atoms with Crippen LogP contribution in [0.4, 0.5) is 5.69 Å². The van der Waals surface area contributed by atoms with Gasteiger partial charge in [-0.15, -0.1) is 0 Å². The largest absolute Gasteiger partial charge is 0.381 e. The molecule has 0 aromatic heterocycles. The Morgan fingerprint density at radius 3 is 2.47 bits per heavy atom. The number of amides is 1. The molecule has 3 nitrogen and oxygen atoms in total.